The van der Waals surface area contributed by atoms with E-state index in [0.717, 1.165) is 11.9 Å². The Bertz CT molecular complexity index is 223. The molecule has 0 aromatic carbocycles. The van der Waals surface area contributed by atoms with E-state index >= 15 is 0 Å². The minimum absolute atomic E-state index is 0.464. The van der Waals surface area contributed by atoms with Crippen molar-refractivity contribution in [2.24, 2.45) is 5.41 Å². The van der Waals surface area contributed by atoms with Crippen LogP contribution in [0.5, 0.6) is 0 Å². The molecule has 0 aliphatic heterocycles. The predicted octanol–water partition coefficient (Wildman–Crippen LogP) is 1.87. The monoisotopic (exact) mass is 134 g/mol. The van der Waals surface area contributed by atoms with Gasteiger partial charge in [0.25, 0.3) is 0 Å². The highest BCUT2D eigenvalue weighted by atomic mass is 16.1. The lowest BCUT2D eigenvalue weighted by atomic mass is 9.82. The quantitative estimate of drug-likeness (QED) is 0.500. The van der Waals surface area contributed by atoms with Gasteiger partial charge in [-0.1, -0.05) is 30.9 Å². The minimum atomic E-state index is -0.464. The lowest BCUT2D eigenvalue weighted by molar-refractivity contribution is -0.112. The molecule has 0 aromatic heterocycles. The average molecular weight is 134 g/mol. The van der Waals surface area contributed by atoms with Crippen molar-refractivity contribution in [3.8, 4) is 0 Å². The van der Waals surface area contributed by atoms with Crippen LogP contribution >= 0.6 is 0 Å². The van der Waals surface area contributed by atoms with E-state index < -0.39 is 5.41 Å². The molecule has 0 spiro atoms. The number of hydrogen-bond acceptors (Lipinski definition) is 1. The number of hydrogen-bond donors (Lipinski definition) is 0. The van der Waals surface area contributed by atoms with Gasteiger partial charge < -0.3 is 4.79 Å². The van der Waals surface area contributed by atoms with Gasteiger partial charge >= 0.3 is 0 Å². The third-order valence-corrected chi connectivity index (χ3v) is 1.79. The summed E-state index contributed by atoms with van der Waals surface area (Å²) in [6.07, 6.45) is 8.36. The van der Waals surface area contributed by atoms with Gasteiger partial charge in [0, 0.05) is 0 Å². The summed E-state index contributed by atoms with van der Waals surface area (Å²) in [6, 6.07) is 0. The zero-order valence-corrected chi connectivity index (χ0v) is 6.00. The fourth-order valence-corrected chi connectivity index (χ4v) is 0.829. The maximum absolute atomic E-state index is 10.5. The van der Waals surface area contributed by atoms with Crippen LogP contribution in [0.15, 0.2) is 36.5 Å². The molecule has 0 fully saturated rings. The van der Waals surface area contributed by atoms with Gasteiger partial charge in [-0.25, -0.2) is 0 Å². The number of carbonyl (C=O) groups is 1. The molecule has 1 rings (SSSR count). The van der Waals surface area contributed by atoms with Crippen molar-refractivity contribution in [2.45, 2.75) is 6.92 Å². The molecule has 0 saturated heterocycles. The number of allylic oxidation sites excluding steroid dienone is 5. The molecule has 10 heavy (non-hydrogen) atoms. The smallest absolute Gasteiger partial charge is 0.134 e. The van der Waals surface area contributed by atoms with Crippen LogP contribution in [0.3, 0.4) is 0 Å². The van der Waals surface area contributed by atoms with E-state index in [0.29, 0.717) is 0 Å². The van der Waals surface area contributed by atoms with Gasteiger partial charge in [-0.15, -0.1) is 0 Å². The van der Waals surface area contributed by atoms with E-state index in [1.807, 2.05) is 31.2 Å². The number of carbonyl (C=O) groups excluding carboxylic acids is 1. The Morgan fingerprint density at radius 1 is 1.60 bits per heavy atom. The van der Waals surface area contributed by atoms with Gasteiger partial charge in [-0.2, -0.15) is 0 Å². The Kier molecular flexibility index (Phi) is 1.58. The van der Waals surface area contributed by atoms with Crippen molar-refractivity contribution in [1.29, 1.82) is 0 Å². The van der Waals surface area contributed by atoms with E-state index in [-0.39, 0.29) is 0 Å². The molecule has 0 N–H and O–H groups in total. The third-order valence-electron chi connectivity index (χ3n) is 1.79. The third kappa shape index (κ3) is 0.947. The molecule has 0 saturated carbocycles. The molecule has 0 aromatic rings. The van der Waals surface area contributed by atoms with Crippen molar-refractivity contribution >= 4 is 6.29 Å². The summed E-state index contributed by atoms with van der Waals surface area (Å²) < 4.78 is 0. The second-order valence-corrected chi connectivity index (χ2v) is 2.64. The summed E-state index contributed by atoms with van der Waals surface area (Å²) >= 11 is 0. The molecule has 0 heterocycles. The first-order valence-electron chi connectivity index (χ1n) is 3.21. The van der Waals surface area contributed by atoms with Gasteiger partial charge in [0.1, 0.15) is 6.29 Å². The highest BCUT2D eigenvalue weighted by Crippen LogP contribution is 2.28. The van der Waals surface area contributed by atoms with Crippen LogP contribution in [0, 0.1) is 5.41 Å². The fraction of sp³-hybridized carbons (Fsp3) is 0.222. The van der Waals surface area contributed by atoms with E-state index in [1.165, 1.54) is 0 Å². The van der Waals surface area contributed by atoms with E-state index in [2.05, 4.69) is 6.58 Å². The molecule has 1 atom stereocenters. The van der Waals surface area contributed by atoms with Crippen molar-refractivity contribution in [2.75, 3.05) is 0 Å². The van der Waals surface area contributed by atoms with Gasteiger partial charge in [0.05, 0.1) is 5.41 Å². The molecule has 1 heteroatoms. The highest BCUT2D eigenvalue weighted by Gasteiger charge is 2.22. The van der Waals surface area contributed by atoms with Gasteiger partial charge in [0.2, 0.25) is 0 Å². The molecular formula is C9H10O. The molecule has 1 aliphatic rings. The van der Waals surface area contributed by atoms with Crippen LogP contribution in [0.4, 0.5) is 0 Å². The molecule has 1 unspecified atom stereocenters. The van der Waals surface area contributed by atoms with Crippen LogP contribution < -0.4 is 0 Å². The Morgan fingerprint density at radius 2 is 2.30 bits per heavy atom. The minimum Gasteiger partial charge on any atom is -0.302 e. The van der Waals surface area contributed by atoms with Crippen molar-refractivity contribution in [1.82, 2.24) is 0 Å². The first-order chi connectivity index (χ1) is 4.69. The fourth-order valence-electron chi connectivity index (χ4n) is 0.829. The summed E-state index contributed by atoms with van der Waals surface area (Å²) in [4.78, 5) is 10.5. The standard InChI is InChI=1S/C9H10O/c1-8-5-3-4-6-9(8,2)7-10/h3-7H,1H2,2H3. The molecule has 1 aliphatic carbocycles. The largest absolute Gasteiger partial charge is 0.302 e. The topological polar surface area (TPSA) is 17.1 Å². The first kappa shape index (κ1) is 7.00. The normalized spacial score (nSPS) is 30.7. The molecule has 0 radical (unpaired) electrons. The second kappa shape index (κ2) is 2.25. The number of rotatable bonds is 1. The lowest BCUT2D eigenvalue weighted by Crippen LogP contribution is -2.17. The Hall–Kier alpha value is -1.11. The highest BCUT2D eigenvalue weighted by molar-refractivity contribution is 5.70. The van der Waals surface area contributed by atoms with Crippen molar-refractivity contribution < 1.29 is 4.79 Å². The predicted molar refractivity (Wildman–Crippen MR) is 41.6 cm³/mol. The summed E-state index contributed by atoms with van der Waals surface area (Å²) in [5.41, 5.74) is 0.388. The van der Waals surface area contributed by atoms with Crippen LogP contribution in [0.2, 0.25) is 0 Å². The zero-order valence-electron chi connectivity index (χ0n) is 6.00. The zero-order chi connectivity index (χ0) is 7.61. The Balaban J connectivity index is 2.99. The van der Waals surface area contributed by atoms with Crippen molar-refractivity contribution in [3.05, 3.63) is 36.5 Å². The summed E-state index contributed by atoms with van der Waals surface area (Å²) in [6.45, 7) is 5.62. The van der Waals surface area contributed by atoms with Gasteiger partial charge in [-0.05, 0) is 12.5 Å². The molecular weight excluding hydrogens is 124 g/mol. The summed E-state index contributed by atoms with van der Waals surface area (Å²) in [7, 11) is 0. The van der Waals surface area contributed by atoms with Gasteiger partial charge in [0.15, 0.2) is 0 Å². The lowest BCUT2D eigenvalue weighted by Gasteiger charge is -2.20. The molecule has 0 bridgehead atoms. The van der Waals surface area contributed by atoms with Crippen LogP contribution in [0.25, 0.3) is 0 Å². The first-order valence-corrected chi connectivity index (χ1v) is 3.21. The van der Waals surface area contributed by atoms with Crippen molar-refractivity contribution in [3.63, 3.8) is 0 Å². The molecule has 52 valence electrons. The second-order valence-electron chi connectivity index (χ2n) is 2.64. The maximum Gasteiger partial charge on any atom is 0.134 e. The van der Waals surface area contributed by atoms with Crippen LogP contribution in [-0.2, 0) is 4.79 Å². The van der Waals surface area contributed by atoms with Crippen LogP contribution in [-0.4, -0.2) is 6.29 Å². The van der Waals surface area contributed by atoms with Crippen LogP contribution in [0.1, 0.15) is 6.92 Å². The van der Waals surface area contributed by atoms with E-state index in [9.17, 15) is 4.79 Å². The van der Waals surface area contributed by atoms with Gasteiger partial charge in [-0.3, -0.25) is 0 Å². The number of aldehydes is 1. The molecule has 1 nitrogen and oxygen atoms in total. The Labute approximate surface area is 60.7 Å². The summed E-state index contributed by atoms with van der Waals surface area (Å²) in [5.74, 6) is 0. The van der Waals surface area contributed by atoms with E-state index in [1.54, 1.807) is 0 Å². The summed E-state index contributed by atoms with van der Waals surface area (Å²) in [5, 5.41) is 0. The average Bonchev–Trinajstić information content (AvgIpc) is 1.96. The van der Waals surface area contributed by atoms with E-state index in [4.69, 9.17) is 0 Å². The maximum atomic E-state index is 10.5. The molecule has 0 amide bonds. The Morgan fingerprint density at radius 3 is 2.70 bits per heavy atom. The SMILES string of the molecule is C=C1C=CC=CC1(C)C=O.